The first-order chi connectivity index (χ1) is 5.79. The van der Waals surface area contributed by atoms with Gasteiger partial charge in [-0.25, -0.2) is 0 Å². The molecule has 1 aliphatic rings. The van der Waals surface area contributed by atoms with Crippen LogP contribution in [0, 0.1) is 11.3 Å². The Morgan fingerprint density at radius 1 is 1.69 bits per heavy atom. The lowest BCUT2D eigenvalue weighted by Gasteiger charge is -2.34. The van der Waals surface area contributed by atoms with Gasteiger partial charge in [0.1, 0.15) is 5.60 Å². The molecule has 0 saturated carbocycles. The molecule has 0 aliphatic heterocycles. The van der Waals surface area contributed by atoms with E-state index < -0.39 is 5.60 Å². The first-order valence-corrected chi connectivity index (χ1v) is 4.66. The lowest BCUT2D eigenvalue weighted by molar-refractivity contribution is -0.130. The second-order valence-corrected chi connectivity index (χ2v) is 4.91. The zero-order valence-corrected chi connectivity index (χ0v) is 8.79. The smallest absolute Gasteiger partial charge is 0.151 e. The van der Waals surface area contributed by atoms with Crippen molar-refractivity contribution in [2.24, 2.45) is 11.3 Å². The van der Waals surface area contributed by atoms with Gasteiger partial charge in [-0.1, -0.05) is 25.5 Å². The predicted molar refractivity (Wildman–Crippen MR) is 52.3 cm³/mol. The molecular formula is C11H18O2. The standard InChI is InChI=1S/C11H18O2/c1-8-5-9(10(2,3)6-8)11(4,13)7-12/h6-7,9,13H,5H2,1-4H3. The van der Waals surface area contributed by atoms with Crippen molar-refractivity contribution in [3.05, 3.63) is 11.6 Å². The van der Waals surface area contributed by atoms with Gasteiger partial charge in [0, 0.05) is 5.92 Å². The molecule has 0 spiro atoms. The third-order valence-electron chi connectivity index (χ3n) is 2.99. The summed E-state index contributed by atoms with van der Waals surface area (Å²) in [5.41, 5.74) is -0.0103. The van der Waals surface area contributed by atoms with E-state index in [2.05, 4.69) is 19.9 Å². The Balaban J connectivity index is 2.93. The minimum atomic E-state index is -1.20. The summed E-state index contributed by atoms with van der Waals surface area (Å²) in [6, 6.07) is 0. The maximum atomic E-state index is 10.7. The van der Waals surface area contributed by atoms with Crippen LogP contribution < -0.4 is 0 Å². The Morgan fingerprint density at radius 3 is 2.54 bits per heavy atom. The van der Waals surface area contributed by atoms with Gasteiger partial charge in [-0.05, 0) is 25.7 Å². The van der Waals surface area contributed by atoms with Crippen LogP contribution in [0.3, 0.4) is 0 Å². The first-order valence-electron chi connectivity index (χ1n) is 4.66. The second-order valence-electron chi connectivity index (χ2n) is 4.91. The predicted octanol–water partition coefficient (Wildman–Crippen LogP) is 1.93. The number of carbonyl (C=O) groups excluding carboxylic acids is 1. The summed E-state index contributed by atoms with van der Waals surface area (Å²) in [6.45, 7) is 7.76. The van der Waals surface area contributed by atoms with Gasteiger partial charge in [-0.2, -0.15) is 0 Å². The average molecular weight is 182 g/mol. The molecule has 0 aromatic heterocycles. The van der Waals surface area contributed by atoms with Gasteiger partial charge in [0.05, 0.1) is 0 Å². The fraction of sp³-hybridized carbons (Fsp3) is 0.727. The maximum Gasteiger partial charge on any atom is 0.151 e. The van der Waals surface area contributed by atoms with Gasteiger partial charge >= 0.3 is 0 Å². The van der Waals surface area contributed by atoms with Crippen molar-refractivity contribution >= 4 is 6.29 Å². The molecule has 0 aromatic carbocycles. The fourth-order valence-electron chi connectivity index (χ4n) is 2.42. The van der Waals surface area contributed by atoms with Gasteiger partial charge in [-0.15, -0.1) is 0 Å². The molecule has 13 heavy (non-hydrogen) atoms. The van der Waals surface area contributed by atoms with Crippen LogP contribution in [0.2, 0.25) is 0 Å². The molecule has 1 N–H and O–H groups in total. The fourth-order valence-corrected chi connectivity index (χ4v) is 2.42. The number of aliphatic hydroxyl groups is 1. The summed E-state index contributed by atoms with van der Waals surface area (Å²) in [6.07, 6.45) is 3.63. The summed E-state index contributed by atoms with van der Waals surface area (Å²) in [7, 11) is 0. The molecule has 0 aromatic rings. The van der Waals surface area contributed by atoms with Crippen LogP contribution in [0.15, 0.2) is 11.6 Å². The number of allylic oxidation sites excluding steroid dienone is 2. The number of aldehydes is 1. The van der Waals surface area contributed by atoms with Crippen molar-refractivity contribution in [1.82, 2.24) is 0 Å². The third-order valence-corrected chi connectivity index (χ3v) is 2.99. The molecule has 1 aliphatic carbocycles. The van der Waals surface area contributed by atoms with E-state index in [9.17, 15) is 9.90 Å². The highest BCUT2D eigenvalue weighted by Gasteiger charge is 2.44. The number of rotatable bonds is 2. The Labute approximate surface area is 79.6 Å². The monoisotopic (exact) mass is 182 g/mol. The van der Waals surface area contributed by atoms with Crippen molar-refractivity contribution < 1.29 is 9.90 Å². The molecule has 0 bridgehead atoms. The lowest BCUT2D eigenvalue weighted by atomic mass is 9.73. The van der Waals surface area contributed by atoms with E-state index in [4.69, 9.17) is 0 Å². The molecule has 0 amide bonds. The Kier molecular flexibility index (Phi) is 2.37. The Hall–Kier alpha value is -0.630. The average Bonchev–Trinajstić information content (AvgIpc) is 2.25. The largest absolute Gasteiger partial charge is 0.382 e. The highest BCUT2D eigenvalue weighted by atomic mass is 16.3. The first kappa shape index (κ1) is 10.5. The van der Waals surface area contributed by atoms with Crippen LogP contribution in [0.1, 0.15) is 34.1 Å². The molecular weight excluding hydrogens is 164 g/mol. The Morgan fingerprint density at radius 2 is 2.23 bits per heavy atom. The molecule has 0 fully saturated rings. The van der Waals surface area contributed by atoms with Crippen LogP contribution in [-0.4, -0.2) is 17.0 Å². The quantitative estimate of drug-likeness (QED) is 0.523. The normalized spacial score (nSPS) is 30.8. The Bertz CT molecular complexity index is 249. The van der Waals surface area contributed by atoms with Crippen molar-refractivity contribution in [3.8, 4) is 0 Å². The van der Waals surface area contributed by atoms with E-state index in [1.54, 1.807) is 6.92 Å². The summed E-state index contributed by atoms with van der Waals surface area (Å²) < 4.78 is 0. The highest BCUT2D eigenvalue weighted by Crippen LogP contribution is 2.45. The van der Waals surface area contributed by atoms with Gasteiger partial charge < -0.3 is 9.90 Å². The number of hydrogen-bond acceptors (Lipinski definition) is 2. The second kappa shape index (κ2) is 2.95. The zero-order chi connectivity index (χ0) is 10.3. The summed E-state index contributed by atoms with van der Waals surface area (Å²) >= 11 is 0. The summed E-state index contributed by atoms with van der Waals surface area (Å²) in [5.74, 6) is 0.0116. The third kappa shape index (κ3) is 1.83. The van der Waals surface area contributed by atoms with E-state index in [-0.39, 0.29) is 11.3 Å². The van der Waals surface area contributed by atoms with Gasteiger partial charge in [0.15, 0.2) is 6.29 Å². The number of carbonyl (C=O) groups is 1. The topological polar surface area (TPSA) is 37.3 Å². The molecule has 0 heterocycles. The van der Waals surface area contributed by atoms with Crippen LogP contribution in [0.4, 0.5) is 0 Å². The molecule has 0 radical (unpaired) electrons. The molecule has 2 unspecified atom stereocenters. The minimum Gasteiger partial charge on any atom is -0.382 e. The van der Waals surface area contributed by atoms with E-state index in [1.165, 1.54) is 5.57 Å². The zero-order valence-electron chi connectivity index (χ0n) is 8.79. The SMILES string of the molecule is CC1=CC(C)(C)C(C(C)(O)C=O)C1. The van der Waals surface area contributed by atoms with E-state index >= 15 is 0 Å². The van der Waals surface area contributed by atoms with Gasteiger partial charge in [-0.3, -0.25) is 0 Å². The summed E-state index contributed by atoms with van der Waals surface area (Å²) in [4.78, 5) is 10.7. The molecule has 2 nitrogen and oxygen atoms in total. The van der Waals surface area contributed by atoms with Crippen LogP contribution in [-0.2, 0) is 4.79 Å². The van der Waals surface area contributed by atoms with E-state index in [0.717, 1.165) is 6.42 Å². The van der Waals surface area contributed by atoms with Crippen LogP contribution in [0.5, 0.6) is 0 Å². The molecule has 2 atom stereocenters. The number of hydrogen-bond donors (Lipinski definition) is 1. The maximum absolute atomic E-state index is 10.7. The minimum absolute atomic E-state index is 0.0116. The van der Waals surface area contributed by atoms with Gasteiger partial charge in [0.2, 0.25) is 0 Å². The van der Waals surface area contributed by atoms with E-state index in [0.29, 0.717) is 6.29 Å². The highest BCUT2D eigenvalue weighted by molar-refractivity contribution is 5.62. The van der Waals surface area contributed by atoms with Crippen molar-refractivity contribution in [2.75, 3.05) is 0 Å². The van der Waals surface area contributed by atoms with Crippen molar-refractivity contribution in [1.29, 1.82) is 0 Å². The molecule has 1 rings (SSSR count). The van der Waals surface area contributed by atoms with Crippen molar-refractivity contribution in [2.45, 2.75) is 39.7 Å². The molecule has 2 heteroatoms. The summed E-state index contributed by atoms with van der Waals surface area (Å²) in [5, 5.41) is 9.87. The molecule has 0 saturated heterocycles. The molecule has 74 valence electrons. The van der Waals surface area contributed by atoms with E-state index in [1.807, 2.05) is 6.92 Å². The van der Waals surface area contributed by atoms with Gasteiger partial charge in [0.25, 0.3) is 0 Å². The van der Waals surface area contributed by atoms with Crippen LogP contribution in [0.25, 0.3) is 0 Å². The lowest BCUT2D eigenvalue weighted by Crippen LogP contribution is -2.42. The van der Waals surface area contributed by atoms with Crippen molar-refractivity contribution in [3.63, 3.8) is 0 Å². The van der Waals surface area contributed by atoms with Crippen LogP contribution >= 0.6 is 0 Å².